The number of ether oxygens (including phenoxy) is 4. The van der Waals surface area contributed by atoms with Crippen LogP contribution in [0.2, 0.25) is 0 Å². The zero-order valence-corrected chi connectivity index (χ0v) is 21.1. The average molecular weight is 505 g/mol. The monoisotopic (exact) mass is 504 g/mol. The van der Waals surface area contributed by atoms with Gasteiger partial charge in [-0.1, -0.05) is 36.4 Å². The molecule has 1 heterocycles. The van der Waals surface area contributed by atoms with Gasteiger partial charge in [-0.3, -0.25) is 15.6 Å². The maximum absolute atomic E-state index is 12.2. The van der Waals surface area contributed by atoms with E-state index in [1.807, 2.05) is 12.1 Å². The van der Waals surface area contributed by atoms with Crippen molar-refractivity contribution in [3.63, 3.8) is 0 Å². The van der Waals surface area contributed by atoms with E-state index in [-0.39, 0.29) is 12.4 Å². The molecule has 0 spiro atoms. The number of methoxy groups -OCH3 is 2. The summed E-state index contributed by atoms with van der Waals surface area (Å²) in [5.41, 5.74) is 3.59. The molecular weight excluding hydrogens is 472 g/mol. The number of carbonyl (C=O) groups is 1. The summed E-state index contributed by atoms with van der Waals surface area (Å²) in [5, 5.41) is 14.0. The Bertz CT molecular complexity index is 1190. The van der Waals surface area contributed by atoms with Gasteiger partial charge in [-0.15, -0.1) is 0 Å². The number of hydrogen-bond acceptors (Lipinski definition) is 8. The number of rotatable bonds is 10. The zero-order chi connectivity index (χ0) is 26.0. The average Bonchev–Trinajstić information content (AvgIpc) is 3.44. The SMILES string of the molecule is COc1ccc(COC(=O)NC(=N)c2ccc(OCc3ccc(CN4CCNC4)cc3)c(OC)c2)cc1. The molecule has 9 heteroatoms. The van der Waals surface area contributed by atoms with E-state index in [4.69, 9.17) is 24.4 Å². The number of amidine groups is 1. The molecule has 0 aliphatic carbocycles. The summed E-state index contributed by atoms with van der Waals surface area (Å²) in [4.78, 5) is 14.5. The van der Waals surface area contributed by atoms with Crippen LogP contribution in [-0.2, 0) is 24.5 Å². The second-order valence-electron chi connectivity index (χ2n) is 8.61. The first-order chi connectivity index (χ1) is 18.0. The van der Waals surface area contributed by atoms with E-state index >= 15 is 0 Å². The van der Waals surface area contributed by atoms with E-state index in [0.717, 1.165) is 43.2 Å². The molecule has 0 atom stereocenters. The molecule has 1 aliphatic rings. The van der Waals surface area contributed by atoms with Crippen molar-refractivity contribution < 1.29 is 23.7 Å². The maximum Gasteiger partial charge on any atom is 0.413 e. The summed E-state index contributed by atoms with van der Waals surface area (Å²) in [7, 11) is 3.12. The Labute approximate surface area is 216 Å². The predicted molar refractivity (Wildman–Crippen MR) is 140 cm³/mol. The molecule has 3 N–H and O–H groups in total. The molecule has 4 rings (SSSR count). The minimum Gasteiger partial charge on any atom is -0.497 e. The van der Waals surface area contributed by atoms with Crippen LogP contribution in [0.3, 0.4) is 0 Å². The molecule has 1 saturated heterocycles. The van der Waals surface area contributed by atoms with Gasteiger partial charge in [-0.25, -0.2) is 4.79 Å². The second kappa shape index (κ2) is 12.8. The Morgan fingerprint density at radius 2 is 1.62 bits per heavy atom. The van der Waals surface area contributed by atoms with Crippen LogP contribution in [0, 0.1) is 5.41 Å². The van der Waals surface area contributed by atoms with Crippen LogP contribution >= 0.6 is 0 Å². The van der Waals surface area contributed by atoms with E-state index in [2.05, 4.69) is 39.8 Å². The normalized spacial score (nSPS) is 13.1. The fourth-order valence-corrected chi connectivity index (χ4v) is 3.87. The highest BCUT2D eigenvalue weighted by Crippen LogP contribution is 2.29. The molecule has 0 saturated carbocycles. The number of nitrogens with zero attached hydrogens (tertiary/aromatic N) is 1. The number of benzene rings is 3. The summed E-state index contributed by atoms with van der Waals surface area (Å²) >= 11 is 0. The van der Waals surface area contributed by atoms with Crippen molar-refractivity contribution in [1.82, 2.24) is 15.5 Å². The van der Waals surface area contributed by atoms with Gasteiger partial charge in [0, 0.05) is 31.9 Å². The van der Waals surface area contributed by atoms with Crippen LogP contribution < -0.4 is 24.8 Å². The molecule has 37 heavy (non-hydrogen) atoms. The molecule has 3 aromatic rings. The molecule has 3 aromatic carbocycles. The molecule has 0 aromatic heterocycles. The smallest absolute Gasteiger partial charge is 0.413 e. The van der Waals surface area contributed by atoms with Crippen LogP contribution in [0.25, 0.3) is 0 Å². The largest absolute Gasteiger partial charge is 0.497 e. The maximum atomic E-state index is 12.2. The minimum atomic E-state index is -0.718. The van der Waals surface area contributed by atoms with E-state index < -0.39 is 6.09 Å². The Morgan fingerprint density at radius 3 is 2.30 bits per heavy atom. The predicted octanol–water partition coefficient (Wildman–Crippen LogP) is 3.90. The molecular formula is C28H32N4O5. The van der Waals surface area contributed by atoms with Crippen molar-refractivity contribution in [3.05, 3.63) is 89.0 Å². The van der Waals surface area contributed by atoms with E-state index in [1.54, 1.807) is 37.4 Å². The molecule has 9 nitrogen and oxygen atoms in total. The third-order valence-corrected chi connectivity index (χ3v) is 5.97. The lowest BCUT2D eigenvalue weighted by Crippen LogP contribution is -2.31. The number of amides is 1. The van der Waals surface area contributed by atoms with E-state index in [0.29, 0.717) is 23.7 Å². The molecule has 1 amide bonds. The van der Waals surface area contributed by atoms with Crippen molar-refractivity contribution in [3.8, 4) is 17.2 Å². The third kappa shape index (κ3) is 7.45. The van der Waals surface area contributed by atoms with Crippen LogP contribution in [0.15, 0.2) is 66.7 Å². The molecule has 0 unspecified atom stereocenters. The minimum absolute atomic E-state index is 0.0790. The molecule has 194 valence electrons. The number of nitrogens with one attached hydrogen (secondary N) is 3. The van der Waals surface area contributed by atoms with E-state index in [9.17, 15) is 4.79 Å². The van der Waals surface area contributed by atoms with Gasteiger partial charge in [0.15, 0.2) is 11.5 Å². The van der Waals surface area contributed by atoms with Gasteiger partial charge in [-0.05, 0) is 47.0 Å². The lowest BCUT2D eigenvalue weighted by molar-refractivity contribution is 0.145. The summed E-state index contributed by atoms with van der Waals surface area (Å²) in [6, 6.07) is 20.6. The Morgan fingerprint density at radius 1 is 0.919 bits per heavy atom. The molecule has 0 radical (unpaired) electrons. The second-order valence-corrected chi connectivity index (χ2v) is 8.61. The summed E-state index contributed by atoms with van der Waals surface area (Å²) in [6.07, 6.45) is -0.718. The number of carbonyl (C=O) groups excluding carboxylic acids is 1. The van der Waals surface area contributed by atoms with Gasteiger partial charge in [0.2, 0.25) is 0 Å². The van der Waals surface area contributed by atoms with Crippen molar-refractivity contribution in [2.45, 2.75) is 19.8 Å². The first-order valence-corrected chi connectivity index (χ1v) is 12.0. The summed E-state index contributed by atoms with van der Waals surface area (Å²) < 4.78 is 21.8. The fraction of sp³-hybridized carbons (Fsp3) is 0.286. The molecule has 1 aliphatic heterocycles. The summed E-state index contributed by atoms with van der Waals surface area (Å²) in [5.74, 6) is 1.63. The van der Waals surface area contributed by atoms with Gasteiger partial charge in [-0.2, -0.15) is 0 Å². The van der Waals surface area contributed by atoms with Crippen molar-refractivity contribution >= 4 is 11.9 Å². The molecule has 0 bridgehead atoms. The van der Waals surface area contributed by atoms with Gasteiger partial charge >= 0.3 is 6.09 Å². The summed E-state index contributed by atoms with van der Waals surface area (Å²) in [6.45, 7) is 4.43. The fourth-order valence-electron chi connectivity index (χ4n) is 3.87. The Hall–Kier alpha value is -4.08. The number of hydrogen-bond donors (Lipinski definition) is 3. The first kappa shape index (κ1) is 26.0. The van der Waals surface area contributed by atoms with Crippen molar-refractivity contribution in [1.29, 1.82) is 5.41 Å². The Balaban J connectivity index is 1.28. The van der Waals surface area contributed by atoms with Crippen LogP contribution in [0.4, 0.5) is 4.79 Å². The van der Waals surface area contributed by atoms with Crippen LogP contribution in [0.1, 0.15) is 22.3 Å². The lowest BCUT2D eigenvalue weighted by atomic mass is 10.1. The van der Waals surface area contributed by atoms with Gasteiger partial charge in [0.1, 0.15) is 24.8 Å². The van der Waals surface area contributed by atoms with Gasteiger partial charge in [0.05, 0.1) is 14.2 Å². The quantitative estimate of drug-likeness (QED) is 0.284. The number of alkyl carbamates (subject to hydrolysis) is 1. The highest BCUT2D eigenvalue weighted by atomic mass is 16.5. The molecule has 1 fully saturated rings. The zero-order valence-electron chi connectivity index (χ0n) is 21.1. The highest BCUT2D eigenvalue weighted by molar-refractivity contribution is 6.04. The van der Waals surface area contributed by atoms with Crippen LogP contribution in [-0.4, -0.2) is 50.8 Å². The topological polar surface area (TPSA) is 105 Å². The first-order valence-electron chi connectivity index (χ1n) is 12.0. The third-order valence-electron chi connectivity index (χ3n) is 5.97. The van der Waals surface area contributed by atoms with E-state index in [1.165, 1.54) is 12.7 Å². The van der Waals surface area contributed by atoms with Gasteiger partial charge < -0.3 is 24.3 Å². The standard InChI is InChI=1S/C28H32N4O5/c1-34-24-10-7-22(8-11-24)18-37-28(33)31-27(29)23-9-12-25(26(15-23)35-2)36-17-21-5-3-20(4-6-21)16-32-14-13-30-19-32/h3-12,15,30H,13-14,16-19H2,1-2H3,(H2,29,31,33). The van der Waals surface area contributed by atoms with Crippen molar-refractivity contribution in [2.75, 3.05) is 34.0 Å². The van der Waals surface area contributed by atoms with Gasteiger partial charge in [0.25, 0.3) is 0 Å². The highest BCUT2D eigenvalue weighted by Gasteiger charge is 2.13. The van der Waals surface area contributed by atoms with Crippen LogP contribution in [0.5, 0.6) is 17.2 Å². The Kier molecular flexibility index (Phi) is 8.96. The van der Waals surface area contributed by atoms with Crippen molar-refractivity contribution in [2.24, 2.45) is 0 Å². The lowest BCUT2D eigenvalue weighted by Gasteiger charge is -2.15.